The van der Waals surface area contributed by atoms with E-state index in [2.05, 4.69) is 10.0 Å². The van der Waals surface area contributed by atoms with E-state index in [9.17, 15) is 26.5 Å². The number of hydrogen-bond acceptors (Lipinski definition) is 6. The molecule has 2 atom stereocenters. The summed E-state index contributed by atoms with van der Waals surface area (Å²) in [5.41, 5.74) is 2.66. The number of nitrogens with one attached hydrogen (secondary N) is 2. The molecule has 1 aromatic heterocycles. The van der Waals surface area contributed by atoms with Crippen LogP contribution in [0.5, 0.6) is 0 Å². The maximum absolute atomic E-state index is 13.7. The Morgan fingerprint density at radius 1 is 1.12 bits per heavy atom. The smallest absolute Gasteiger partial charge is 0.255 e. The molecule has 1 fully saturated rings. The highest BCUT2D eigenvalue weighted by Gasteiger charge is 2.33. The predicted octanol–water partition coefficient (Wildman–Crippen LogP) is 5.15. The van der Waals surface area contributed by atoms with Crippen molar-refractivity contribution in [2.75, 3.05) is 31.1 Å². The van der Waals surface area contributed by atoms with E-state index in [1.54, 1.807) is 18.2 Å². The van der Waals surface area contributed by atoms with Gasteiger partial charge in [0, 0.05) is 37.2 Å². The number of amides is 1. The Bertz CT molecular complexity index is 1690. The van der Waals surface area contributed by atoms with Crippen LogP contribution in [-0.2, 0) is 27.1 Å². The zero-order chi connectivity index (χ0) is 29.3. The average Bonchev–Trinajstić information content (AvgIpc) is 3.30. The molecule has 216 valence electrons. The number of carbonyl (C=O) groups is 1. The highest BCUT2D eigenvalue weighted by molar-refractivity contribution is 7.92. The third-order valence-corrected chi connectivity index (χ3v) is 9.45. The summed E-state index contributed by atoms with van der Waals surface area (Å²) in [5, 5.41) is 3.12. The van der Waals surface area contributed by atoms with E-state index in [-0.39, 0.29) is 29.5 Å². The fraction of sp³-hybridized carbons (Fsp3) is 0.276. The number of benzene rings is 3. The molecule has 1 amide bonds. The monoisotopic (exact) mass is 601 g/mol. The van der Waals surface area contributed by atoms with Gasteiger partial charge in [-0.2, -0.15) is 0 Å². The van der Waals surface area contributed by atoms with Gasteiger partial charge in [-0.15, -0.1) is 0 Å². The van der Waals surface area contributed by atoms with Crippen molar-refractivity contribution in [3.8, 4) is 11.3 Å². The summed E-state index contributed by atoms with van der Waals surface area (Å²) in [6.45, 7) is 0.481. The van der Waals surface area contributed by atoms with Crippen molar-refractivity contribution < 1.29 is 31.0 Å². The van der Waals surface area contributed by atoms with Gasteiger partial charge in [-0.3, -0.25) is 4.79 Å². The van der Waals surface area contributed by atoms with Crippen LogP contribution in [0.4, 0.5) is 14.5 Å². The second kappa shape index (κ2) is 11.8. The van der Waals surface area contributed by atoms with Gasteiger partial charge in [0.1, 0.15) is 29.2 Å². The number of sulfonamides is 1. The van der Waals surface area contributed by atoms with Gasteiger partial charge in [0.25, 0.3) is 5.91 Å². The zero-order valence-corrected chi connectivity index (χ0v) is 24.1. The highest BCUT2D eigenvalue weighted by Crippen LogP contribution is 2.41. The van der Waals surface area contributed by atoms with E-state index in [0.717, 1.165) is 0 Å². The molecule has 1 aliphatic rings. The molecule has 1 aliphatic heterocycles. The van der Waals surface area contributed by atoms with Gasteiger partial charge in [0.15, 0.2) is 0 Å². The number of furan rings is 1. The molecule has 0 radical (unpaired) electrons. The molecule has 2 N–H and O–H groups in total. The van der Waals surface area contributed by atoms with Crippen molar-refractivity contribution in [1.82, 2.24) is 9.62 Å². The molecule has 1 unspecified atom stereocenters. The van der Waals surface area contributed by atoms with Crippen molar-refractivity contribution in [3.63, 3.8) is 0 Å². The summed E-state index contributed by atoms with van der Waals surface area (Å²) >= 11 is -1.46. The Morgan fingerprint density at radius 3 is 2.56 bits per heavy atom. The summed E-state index contributed by atoms with van der Waals surface area (Å²) < 4.78 is 76.7. The van der Waals surface area contributed by atoms with Crippen LogP contribution in [0.3, 0.4) is 0 Å². The first-order valence-electron chi connectivity index (χ1n) is 13.0. The minimum Gasteiger partial charge on any atom is -0.593 e. The van der Waals surface area contributed by atoms with Crippen molar-refractivity contribution in [1.29, 1.82) is 0 Å². The first-order valence-corrected chi connectivity index (χ1v) is 16.1. The van der Waals surface area contributed by atoms with Crippen molar-refractivity contribution in [2.24, 2.45) is 0 Å². The lowest BCUT2D eigenvalue weighted by Crippen LogP contribution is -2.39. The van der Waals surface area contributed by atoms with Crippen molar-refractivity contribution in [2.45, 2.75) is 24.5 Å². The zero-order valence-electron chi connectivity index (χ0n) is 22.4. The van der Waals surface area contributed by atoms with Crippen molar-refractivity contribution >= 4 is 43.9 Å². The predicted molar refractivity (Wildman–Crippen MR) is 155 cm³/mol. The first kappa shape index (κ1) is 29.1. The summed E-state index contributed by atoms with van der Waals surface area (Å²) in [4.78, 5) is 13.1. The molecule has 0 aliphatic carbocycles. The molecule has 2 heterocycles. The molecule has 4 aromatic rings. The topological polar surface area (TPSA) is 115 Å². The van der Waals surface area contributed by atoms with Crippen LogP contribution in [0.1, 0.15) is 40.2 Å². The molecule has 0 bridgehead atoms. The third-order valence-electron chi connectivity index (χ3n) is 7.13. The van der Waals surface area contributed by atoms with E-state index in [4.69, 9.17) is 4.42 Å². The van der Waals surface area contributed by atoms with E-state index in [1.807, 2.05) is 0 Å². The Kier molecular flexibility index (Phi) is 8.37. The lowest BCUT2D eigenvalue weighted by atomic mass is 9.89. The van der Waals surface area contributed by atoms with Crippen LogP contribution >= 0.6 is 0 Å². The molecule has 1 saturated heterocycles. The van der Waals surface area contributed by atoms with E-state index < -0.39 is 38.9 Å². The van der Waals surface area contributed by atoms with Gasteiger partial charge in [-0.25, -0.2) is 26.2 Å². The SMILES string of the molecule is CNC(=O)c1c(-c2ccc(F)cc2)oc2cc(N[S+](C)[O-])c([C@H]3CCCN(S(=O)(=O)Cc4cccc(F)c4)C3)cc12. The molecule has 8 nitrogen and oxygen atoms in total. The van der Waals surface area contributed by atoms with Gasteiger partial charge in [-0.1, -0.05) is 12.1 Å². The maximum Gasteiger partial charge on any atom is 0.255 e. The largest absolute Gasteiger partial charge is 0.593 e. The average molecular weight is 602 g/mol. The normalized spacial score (nSPS) is 17.0. The number of piperidine rings is 1. The molecule has 0 saturated carbocycles. The molecule has 5 rings (SSSR count). The van der Waals surface area contributed by atoms with E-state index >= 15 is 0 Å². The van der Waals surface area contributed by atoms with E-state index in [1.165, 1.54) is 60.1 Å². The number of fused-ring (bicyclic) bond motifs is 1. The van der Waals surface area contributed by atoms with Gasteiger partial charge in [0.2, 0.25) is 10.0 Å². The summed E-state index contributed by atoms with van der Waals surface area (Å²) in [5.74, 6) is -1.70. The van der Waals surface area contributed by atoms with Gasteiger partial charge in [0.05, 0.1) is 28.4 Å². The lowest BCUT2D eigenvalue weighted by molar-refractivity contribution is 0.0964. The minimum absolute atomic E-state index is 0.159. The number of rotatable bonds is 8. The van der Waals surface area contributed by atoms with Crippen LogP contribution < -0.4 is 10.0 Å². The van der Waals surface area contributed by atoms with Crippen molar-refractivity contribution in [3.05, 3.63) is 89.0 Å². The van der Waals surface area contributed by atoms with Crippen LogP contribution in [0.2, 0.25) is 0 Å². The molecular formula is C29H29F2N3O5S2. The number of carbonyl (C=O) groups excluding carboxylic acids is 1. The molecule has 3 aromatic carbocycles. The quantitative estimate of drug-likeness (QED) is 0.270. The third kappa shape index (κ3) is 6.25. The minimum atomic E-state index is -3.76. The second-order valence-electron chi connectivity index (χ2n) is 9.97. The molecule has 41 heavy (non-hydrogen) atoms. The number of anilines is 1. The summed E-state index contributed by atoms with van der Waals surface area (Å²) in [6, 6.07) is 14.5. The van der Waals surface area contributed by atoms with Crippen LogP contribution in [0.15, 0.2) is 65.1 Å². The Labute approximate surface area is 240 Å². The second-order valence-corrected chi connectivity index (χ2v) is 13.0. The van der Waals surface area contributed by atoms with Gasteiger partial charge < -0.3 is 14.3 Å². The first-order chi connectivity index (χ1) is 19.6. The maximum atomic E-state index is 13.7. The molecule has 0 spiro atoms. The number of nitrogens with zero attached hydrogens (tertiary/aromatic N) is 1. The van der Waals surface area contributed by atoms with Crippen LogP contribution in [0, 0.1) is 11.6 Å². The number of hydrogen-bond donors (Lipinski definition) is 2. The lowest BCUT2D eigenvalue weighted by Gasteiger charge is -2.33. The highest BCUT2D eigenvalue weighted by atomic mass is 32.2. The summed E-state index contributed by atoms with van der Waals surface area (Å²) in [6.07, 6.45) is 2.71. The van der Waals surface area contributed by atoms with Gasteiger partial charge in [-0.05, 0) is 72.4 Å². The molecular weight excluding hydrogens is 572 g/mol. The molecule has 12 heteroatoms. The van der Waals surface area contributed by atoms with Crippen LogP contribution in [0.25, 0.3) is 22.3 Å². The van der Waals surface area contributed by atoms with Gasteiger partial charge >= 0.3 is 0 Å². The van der Waals surface area contributed by atoms with Crippen LogP contribution in [-0.4, -0.2) is 49.6 Å². The summed E-state index contributed by atoms with van der Waals surface area (Å²) in [7, 11) is -2.27. The number of halogens is 2. The Morgan fingerprint density at radius 2 is 1.88 bits per heavy atom. The standard InChI is InChI=1S/C29H29F2N3O5S2/c1-32-29(35)27-24-14-23(20-6-4-12-34(16-20)41(37,38)17-18-5-3-7-22(31)13-18)25(33-40(2)36)15-26(24)39-28(27)19-8-10-21(30)11-9-19/h3,5,7-11,13-15,20,33H,4,6,12,16-17H2,1-2H3,(H,32,35)/t20-,40?/m0/s1. The van der Waals surface area contributed by atoms with E-state index in [0.29, 0.717) is 52.7 Å². The fourth-order valence-corrected chi connectivity index (χ4v) is 7.36. The Balaban J connectivity index is 1.57. The fourth-order valence-electron chi connectivity index (χ4n) is 5.27. The Hall–Kier alpha value is -3.45.